The first-order valence-electron chi connectivity index (χ1n) is 9.16. The summed E-state index contributed by atoms with van der Waals surface area (Å²) in [7, 11) is 0. The van der Waals surface area contributed by atoms with Gasteiger partial charge >= 0.3 is 0 Å². The second-order valence-corrected chi connectivity index (χ2v) is 7.60. The largest absolute Gasteiger partial charge is 0.391 e. The van der Waals surface area contributed by atoms with Crippen molar-refractivity contribution < 1.29 is 9.90 Å². The number of amides is 1. The smallest absolute Gasteiger partial charge is 0.242 e. The lowest BCUT2D eigenvalue weighted by Gasteiger charge is -2.28. The first-order chi connectivity index (χ1) is 12.0. The van der Waals surface area contributed by atoms with E-state index in [0.29, 0.717) is 19.5 Å². The van der Waals surface area contributed by atoms with E-state index in [0.717, 1.165) is 42.3 Å². The predicted molar refractivity (Wildman–Crippen MR) is 111 cm³/mol. The molecule has 1 aromatic carbocycles. The molecule has 1 aliphatic carbocycles. The van der Waals surface area contributed by atoms with Gasteiger partial charge in [-0.05, 0) is 31.4 Å². The highest BCUT2D eigenvalue weighted by molar-refractivity contribution is 5.87. The number of benzene rings is 1. The van der Waals surface area contributed by atoms with Crippen molar-refractivity contribution >= 4 is 41.6 Å². The number of nitrogens with zero attached hydrogens (tertiary/aromatic N) is 2. The van der Waals surface area contributed by atoms with Crippen LogP contribution >= 0.6 is 24.8 Å². The number of para-hydroxylation sites is 1. The minimum Gasteiger partial charge on any atom is -0.391 e. The lowest BCUT2D eigenvalue weighted by Crippen LogP contribution is -2.53. The number of β-amino-alcohol motifs (C(OH)–C–C–N with tert-alkyl or cyclic N) is 1. The van der Waals surface area contributed by atoms with Gasteiger partial charge in [-0.3, -0.25) is 9.78 Å². The zero-order valence-corrected chi connectivity index (χ0v) is 16.8. The van der Waals surface area contributed by atoms with E-state index in [-0.39, 0.29) is 36.6 Å². The molecule has 1 aromatic heterocycles. The van der Waals surface area contributed by atoms with Crippen molar-refractivity contribution in [1.82, 2.24) is 9.88 Å². The van der Waals surface area contributed by atoms with Gasteiger partial charge in [-0.1, -0.05) is 37.1 Å². The van der Waals surface area contributed by atoms with Crippen LogP contribution in [0.4, 0.5) is 0 Å². The number of rotatable bonds is 3. The minimum absolute atomic E-state index is 0. The van der Waals surface area contributed by atoms with E-state index in [2.05, 4.69) is 6.07 Å². The summed E-state index contributed by atoms with van der Waals surface area (Å²) in [6.07, 6.45) is 3.71. The molecule has 2 heterocycles. The Kier molecular flexibility index (Phi) is 7.09. The number of carbonyl (C=O) groups is 1. The fraction of sp³-hybridized carbons (Fsp3) is 0.500. The molecule has 0 unspecified atom stereocenters. The molecule has 2 fully saturated rings. The summed E-state index contributed by atoms with van der Waals surface area (Å²) in [5.74, 6) is 0.0284. The average Bonchev–Trinajstić information content (AvgIpc) is 3.21. The third-order valence-electron chi connectivity index (χ3n) is 5.74. The maximum absolute atomic E-state index is 12.8. The summed E-state index contributed by atoms with van der Waals surface area (Å²) in [5, 5.41) is 11.6. The van der Waals surface area contributed by atoms with E-state index in [1.165, 1.54) is 0 Å². The molecule has 3 N–H and O–H groups in total. The van der Waals surface area contributed by atoms with E-state index >= 15 is 0 Å². The molecule has 2 aromatic rings. The second-order valence-electron chi connectivity index (χ2n) is 7.60. The SMILES string of the molecule is Cl.Cl.NC1(C(=O)N2C[C@@H](Cc3ccc4ccccc4n3)[C@H](O)C2)CCCC1. The highest BCUT2D eigenvalue weighted by Gasteiger charge is 2.44. The van der Waals surface area contributed by atoms with Crippen LogP contribution in [0.15, 0.2) is 36.4 Å². The Bertz CT molecular complexity index is 796. The van der Waals surface area contributed by atoms with E-state index in [1.54, 1.807) is 4.90 Å². The first kappa shape index (κ1) is 21.9. The van der Waals surface area contributed by atoms with Crippen LogP contribution in [-0.4, -0.2) is 45.6 Å². The van der Waals surface area contributed by atoms with Crippen LogP contribution in [0.2, 0.25) is 0 Å². The van der Waals surface area contributed by atoms with Gasteiger partial charge in [0.1, 0.15) is 0 Å². The van der Waals surface area contributed by atoms with Crippen LogP contribution in [0.5, 0.6) is 0 Å². The van der Waals surface area contributed by atoms with Crippen LogP contribution < -0.4 is 5.73 Å². The van der Waals surface area contributed by atoms with Crippen molar-refractivity contribution in [2.24, 2.45) is 11.7 Å². The van der Waals surface area contributed by atoms with Gasteiger partial charge < -0.3 is 15.7 Å². The highest BCUT2D eigenvalue weighted by Crippen LogP contribution is 2.31. The maximum atomic E-state index is 12.8. The lowest BCUT2D eigenvalue weighted by molar-refractivity contribution is -0.136. The zero-order valence-electron chi connectivity index (χ0n) is 15.2. The van der Waals surface area contributed by atoms with Crippen molar-refractivity contribution in [3.63, 3.8) is 0 Å². The molecule has 2 atom stereocenters. The van der Waals surface area contributed by atoms with Gasteiger partial charge in [-0.2, -0.15) is 0 Å². The van der Waals surface area contributed by atoms with Gasteiger partial charge in [0.05, 0.1) is 17.2 Å². The molecule has 7 heteroatoms. The fourth-order valence-electron chi connectivity index (χ4n) is 4.25. The number of carbonyl (C=O) groups excluding carboxylic acids is 1. The van der Waals surface area contributed by atoms with Crippen LogP contribution in [0.3, 0.4) is 0 Å². The molecule has 1 saturated heterocycles. The highest BCUT2D eigenvalue weighted by atomic mass is 35.5. The maximum Gasteiger partial charge on any atom is 0.242 e. The van der Waals surface area contributed by atoms with Gasteiger partial charge in [0, 0.05) is 30.1 Å². The lowest BCUT2D eigenvalue weighted by atomic mass is 9.97. The second kappa shape index (κ2) is 8.74. The number of hydrogen-bond acceptors (Lipinski definition) is 4. The van der Waals surface area contributed by atoms with Gasteiger partial charge in [0.25, 0.3) is 0 Å². The molecule has 0 spiro atoms. The standard InChI is InChI=1S/C20H25N3O2.2ClH/c21-20(9-3-4-10-20)19(25)23-12-15(18(24)13-23)11-16-8-7-14-5-1-2-6-17(14)22-16;;/h1-2,5-8,15,18,24H,3-4,9-13,21H2;2*1H/t15-,18-;;/m1../s1. The van der Waals surface area contributed by atoms with Gasteiger partial charge in [0.2, 0.25) is 5.91 Å². The number of aliphatic hydroxyl groups is 1. The Morgan fingerprint density at radius 1 is 1.15 bits per heavy atom. The molecule has 1 saturated carbocycles. The molecular weight excluding hydrogens is 385 g/mol. The van der Waals surface area contributed by atoms with Crippen molar-refractivity contribution in [3.8, 4) is 0 Å². The van der Waals surface area contributed by atoms with Crippen LogP contribution in [-0.2, 0) is 11.2 Å². The van der Waals surface area contributed by atoms with Crippen molar-refractivity contribution in [2.45, 2.75) is 43.7 Å². The van der Waals surface area contributed by atoms with Gasteiger partial charge in [0.15, 0.2) is 0 Å². The molecule has 4 rings (SSSR count). The number of fused-ring (bicyclic) bond motifs is 1. The Hall–Kier alpha value is -1.40. The summed E-state index contributed by atoms with van der Waals surface area (Å²) >= 11 is 0. The summed E-state index contributed by atoms with van der Waals surface area (Å²) < 4.78 is 0. The molecule has 5 nitrogen and oxygen atoms in total. The number of hydrogen-bond donors (Lipinski definition) is 2. The van der Waals surface area contributed by atoms with Crippen LogP contribution in [0.25, 0.3) is 10.9 Å². The van der Waals surface area contributed by atoms with E-state index in [4.69, 9.17) is 10.7 Å². The molecule has 1 amide bonds. The molecule has 148 valence electrons. The van der Waals surface area contributed by atoms with Crippen LogP contribution in [0, 0.1) is 5.92 Å². The molecule has 2 aliphatic rings. The normalized spacial score (nSPS) is 23.7. The van der Waals surface area contributed by atoms with Crippen molar-refractivity contribution in [1.29, 1.82) is 0 Å². The number of aromatic nitrogens is 1. The average molecular weight is 412 g/mol. The van der Waals surface area contributed by atoms with Crippen LogP contribution in [0.1, 0.15) is 31.4 Å². The van der Waals surface area contributed by atoms with E-state index < -0.39 is 11.6 Å². The number of halogens is 2. The fourth-order valence-corrected chi connectivity index (χ4v) is 4.25. The molecular formula is C20H27Cl2N3O2. The number of aliphatic hydroxyl groups excluding tert-OH is 1. The number of pyridine rings is 1. The Morgan fingerprint density at radius 3 is 2.59 bits per heavy atom. The number of nitrogens with two attached hydrogens (primary N) is 1. The summed E-state index contributed by atoms with van der Waals surface area (Å²) in [6, 6.07) is 12.1. The molecule has 0 radical (unpaired) electrons. The Balaban J connectivity index is 0.00000131. The van der Waals surface area contributed by atoms with Gasteiger partial charge in [-0.25, -0.2) is 0 Å². The van der Waals surface area contributed by atoms with Crippen molar-refractivity contribution in [2.75, 3.05) is 13.1 Å². The predicted octanol–water partition coefficient (Wildman–Crippen LogP) is 2.71. The topological polar surface area (TPSA) is 79.5 Å². The Labute approximate surface area is 172 Å². The zero-order chi connectivity index (χ0) is 17.4. The third kappa shape index (κ3) is 4.37. The molecule has 0 bridgehead atoms. The summed E-state index contributed by atoms with van der Waals surface area (Å²) in [4.78, 5) is 19.2. The monoisotopic (exact) mass is 411 g/mol. The summed E-state index contributed by atoms with van der Waals surface area (Å²) in [5.41, 5.74) is 7.51. The first-order valence-corrected chi connectivity index (χ1v) is 9.16. The Morgan fingerprint density at radius 2 is 1.85 bits per heavy atom. The van der Waals surface area contributed by atoms with E-state index in [1.807, 2.05) is 30.3 Å². The molecule has 1 aliphatic heterocycles. The minimum atomic E-state index is -0.712. The summed E-state index contributed by atoms with van der Waals surface area (Å²) in [6.45, 7) is 0.948. The van der Waals surface area contributed by atoms with Gasteiger partial charge in [-0.15, -0.1) is 24.8 Å². The third-order valence-corrected chi connectivity index (χ3v) is 5.74. The quantitative estimate of drug-likeness (QED) is 0.813. The van der Waals surface area contributed by atoms with Crippen molar-refractivity contribution in [3.05, 3.63) is 42.1 Å². The number of likely N-dealkylation sites (tertiary alicyclic amines) is 1. The molecule has 27 heavy (non-hydrogen) atoms. The van der Waals surface area contributed by atoms with E-state index in [9.17, 15) is 9.90 Å².